The van der Waals surface area contributed by atoms with E-state index in [0.29, 0.717) is 37.9 Å². The molecule has 0 N–H and O–H groups in total. The van der Waals surface area contributed by atoms with E-state index >= 15 is 0 Å². The van der Waals surface area contributed by atoms with Crippen LogP contribution in [0.2, 0.25) is 0 Å². The van der Waals surface area contributed by atoms with Crippen molar-refractivity contribution in [2.24, 2.45) is 0 Å². The zero-order valence-corrected chi connectivity index (χ0v) is 16.3. The highest BCUT2D eigenvalue weighted by Gasteiger charge is 2.14. The van der Waals surface area contributed by atoms with Crippen LogP contribution in [-0.2, 0) is 9.47 Å². The third kappa shape index (κ3) is 3.68. The van der Waals surface area contributed by atoms with Crippen LogP contribution >= 0.6 is 0 Å². The summed E-state index contributed by atoms with van der Waals surface area (Å²) in [4.78, 5) is 9.37. The largest absolute Gasteiger partial charge is 0.487 e. The van der Waals surface area contributed by atoms with Crippen molar-refractivity contribution in [3.63, 3.8) is 0 Å². The van der Waals surface area contributed by atoms with Gasteiger partial charge in [0.1, 0.15) is 25.2 Å². The molecule has 0 saturated carbocycles. The van der Waals surface area contributed by atoms with E-state index in [9.17, 15) is 0 Å². The van der Waals surface area contributed by atoms with Crippen molar-refractivity contribution in [1.29, 1.82) is 0 Å². The normalized spacial score (nSPS) is 11.2. The van der Waals surface area contributed by atoms with Gasteiger partial charge in [0.05, 0.1) is 29.8 Å². The number of ether oxygens (including phenoxy) is 4. The first-order valence-electron chi connectivity index (χ1n) is 9.20. The van der Waals surface area contributed by atoms with Gasteiger partial charge in [0.25, 0.3) is 0 Å². The topological polar surface area (TPSA) is 67.1 Å². The van der Waals surface area contributed by atoms with Gasteiger partial charge in [-0.25, -0.2) is 9.97 Å². The number of imidazole rings is 1. The molecule has 7 heteroatoms. The molecule has 0 fully saturated rings. The van der Waals surface area contributed by atoms with Gasteiger partial charge in [-0.05, 0) is 24.3 Å². The SMILES string of the molecule is C#Cc1ccc2c(c1)nc1c3cc(OCCOC)c(OCCOC)cc3ncn21. The van der Waals surface area contributed by atoms with Gasteiger partial charge >= 0.3 is 0 Å². The van der Waals surface area contributed by atoms with Crippen molar-refractivity contribution < 1.29 is 18.9 Å². The van der Waals surface area contributed by atoms with Gasteiger partial charge in [-0.2, -0.15) is 0 Å². The maximum Gasteiger partial charge on any atom is 0.163 e. The van der Waals surface area contributed by atoms with E-state index in [1.807, 2.05) is 34.7 Å². The van der Waals surface area contributed by atoms with E-state index in [1.54, 1.807) is 20.5 Å². The molecule has 29 heavy (non-hydrogen) atoms. The van der Waals surface area contributed by atoms with Crippen LogP contribution in [0.4, 0.5) is 0 Å². The van der Waals surface area contributed by atoms with Crippen LogP contribution in [0.1, 0.15) is 5.56 Å². The van der Waals surface area contributed by atoms with Gasteiger partial charge in [-0.1, -0.05) is 5.92 Å². The van der Waals surface area contributed by atoms with Gasteiger partial charge in [-0.3, -0.25) is 4.40 Å². The Hall–Kier alpha value is -3.34. The van der Waals surface area contributed by atoms with Gasteiger partial charge in [0.15, 0.2) is 11.5 Å². The molecule has 0 unspecified atom stereocenters. The fourth-order valence-electron chi connectivity index (χ4n) is 3.15. The molecule has 0 aliphatic heterocycles. The summed E-state index contributed by atoms with van der Waals surface area (Å²) in [6.45, 7) is 1.76. The predicted octanol–water partition coefficient (Wildman–Crippen LogP) is 3.07. The summed E-state index contributed by atoms with van der Waals surface area (Å²) in [6, 6.07) is 9.51. The number of fused-ring (bicyclic) bond motifs is 5. The Balaban J connectivity index is 1.85. The van der Waals surface area contributed by atoms with Gasteiger partial charge in [-0.15, -0.1) is 6.42 Å². The number of rotatable bonds is 8. The molecule has 0 spiro atoms. The third-order valence-corrected chi connectivity index (χ3v) is 4.56. The lowest BCUT2D eigenvalue weighted by molar-refractivity contribution is 0.132. The first-order valence-corrected chi connectivity index (χ1v) is 9.20. The predicted molar refractivity (Wildman–Crippen MR) is 111 cm³/mol. The number of terminal acetylenes is 1. The summed E-state index contributed by atoms with van der Waals surface area (Å²) in [5.74, 6) is 3.86. The lowest BCUT2D eigenvalue weighted by Gasteiger charge is -2.14. The van der Waals surface area contributed by atoms with Gasteiger partial charge < -0.3 is 18.9 Å². The molecule has 0 aliphatic carbocycles. The average molecular weight is 391 g/mol. The van der Waals surface area contributed by atoms with Gasteiger partial charge in [0, 0.05) is 31.2 Å². The van der Waals surface area contributed by atoms with Crippen molar-refractivity contribution in [1.82, 2.24) is 14.4 Å². The van der Waals surface area contributed by atoms with E-state index in [1.165, 1.54) is 0 Å². The van der Waals surface area contributed by atoms with Crippen molar-refractivity contribution in [3.05, 3.63) is 42.2 Å². The van der Waals surface area contributed by atoms with Gasteiger partial charge in [0.2, 0.25) is 0 Å². The fraction of sp³-hybridized carbons (Fsp3) is 0.273. The quantitative estimate of drug-likeness (QED) is 0.340. The monoisotopic (exact) mass is 391 g/mol. The second-order valence-electron chi connectivity index (χ2n) is 6.40. The maximum absolute atomic E-state index is 5.89. The summed E-state index contributed by atoms with van der Waals surface area (Å²) in [6.07, 6.45) is 7.28. The molecule has 0 aliphatic rings. The Morgan fingerprint density at radius 3 is 2.34 bits per heavy atom. The van der Waals surface area contributed by atoms with E-state index in [-0.39, 0.29) is 0 Å². The Morgan fingerprint density at radius 2 is 1.66 bits per heavy atom. The van der Waals surface area contributed by atoms with Crippen molar-refractivity contribution in [2.75, 3.05) is 40.6 Å². The van der Waals surface area contributed by atoms with Crippen molar-refractivity contribution in [2.45, 2.75) is 0 Å². The smallest absolute Gasteiger partial charge is 0.163 e. The fourth-order valence-corrected chi connectivity index (χ4v) is 3.15. The summed E-state index contributed by atoms with van der Waals surface area (Å²) in [5, 5.41) is 0.859. The highest BCUT2D eigenvalue weighted by molar-refractivity contribution is 5.97. The van der Waals surface area contributed by atoms with E-state index in [2.05, 4.69) is 10.9 Å². The van der Waals surface area contributed by atoms with E-state index in [4.69, 9.17) is 30.4 Å². The molecule has 0 amide bonds. The second kappa shape index (κ2) is 8.35. The van der Waals surface area contributed by atoms with Crippen LogP contribution in [0, 0.1) is 12.3 Å². The summed E-state index contributed by atoms with van der Waals surface area (Å²) >= 11 is 0. The molecule has 0 radical (unpaired) electrons. The summed E-state index contributed by atoms with van der Waals surface area (Å²) < 4.78 is 23.8. The average Bonchev–Trinajstić information content (AvgIpc) is 3.12. The number of hydrogen-bond donors (Lipinski definition) is 0. The minimum Gasteiger partial charge on any atom is -0.487 e. The van der Waals surface area contributed by atoms with Crippen LogP contribution in [0.5, 0.6) is 11.5 Å². The molecule has 148 valence electrons. The number of aromatic nitrogens is 3. The molecule has 0 bridgehead atoms. The number of methoxy groups -OCH3 is 2. The molecule has 2 aromatic carbocycles. The molecule has 0 atom stereocenters. The number of hydrogen-bond acceptors (Lipinski definition) is 6. The Kier molecular flexibility index (Phi) is 5.47. The van der Waals surface area contributed by atoms with Crippen molar-refractivity contribution >= 4 is 27.6 Å². The van der Waals surface area contributed by atoms with Crippen LogP contribution in [-0.4, -0.2) is 55.0 Å². The zero-order chi connectivity index (χ0) is 20.2. The summed E-state index contributed by atoms with van der Waals surface area (Å²) in [7, 11) is 3.26. The zero-order valence-electron chi connectivity index (χ0n) is 16.3. The molecule has 7 nitrogen and oxygen atoms in total. The Labute approximate surface area is 168 Å². The molecule has 2 aromatic heterocycles. The molecule has 4 aromatic rings. The molecule has 0 saturated heterocycles. The number of nitrogens with zero attached hydrogens (tertiary/aromatic N) is 3. The standard InChI is InChI=1S/C22H21N3O4/c1-4-15-5-6-19-18(11-15)24-22-16-12-20(28-9-7-26-2)21(29-10-8-27-3)13-17(16)23-14-25(19)22/h1,5-6,11-14H,7-10H2,2-3H3. The van der Waals surface area contributed by atoms with E-state index < -0.39 is 0 Å². The van der Waals surface area contributed by atoms with Crippen LogP contribution in [0.3, 0.4) is 0 Å². The molecule has 4 rings (SSSR count). The second-order valence-corrected chi connectivity index (χ2v) is 6.40. The molecular formula is C22H21N3O4. The van der Waals surface area contributed by atoms with Crippen LogP contribution < -0.4 is 9.47 Å². The minimum atomic E-state index is 0.404. The third-order valence-electron chi connectivity index (χ3n) is 4.56. The summed E-state index contributed by atoms with van der Waals surface area (Å²) in [5.41, 5.74) is 4.08. The molecule has 2 heterocycles. The highest BCUT2D eigenvalue weighted by Crippen LogP contribution is 2.34. The van der Waals surface area contributed by atoms with Crippen LogP contribution in [0.15, 0.2) is 36.7 Å². The lowest BCUT2D eigenvalue weighted by atomic mass is 10.2. The van der Waals surface area contributed by atoms with Crippen LogP contribution in [0.25, 0.3) is 27.6 Å². The van der Waals surface area contributed by atoms with Crippen molar-refractivity contribution in [3.8, 4) is 23.8 Å². The van der Waals surface area contributed by atoms with E-state index in [0.717, 1.165) is 33.1 Å². The number of benzene rings is 2. The molecular weight excluding hydrogens is 370 g/mol. The Morgan fingerprint density at radius 1 is 0.931 bits per heavy atom. The first-order chi connectivity index (χ1) is 14.2. The minimum absolute atomic E-state index is 0.404. The first kappa shape index (κ1) is 19.0. The maximum atomic E-state index is 5.89. The highest BCUT2D eigenvalue weighted by atomic mass is 16.5. The Bertz CT molecular complexity index is 1210. The lowest BCUT2D eigenvalue weighted by Crippen LogP contribution is -2.08.